The molecule has 0 atom stereocenters. The van der Waals surface area contributed by atoms with Crippen LogP contribution in [0.4, 0.5) is 0 Å². The lowest BCUT2D eigenvalue weighted by molar-refractivity contribution is -0.445. The third kappa shape index (κ3) is 88.7. The SMILES string of the molecule is C.CC.CC.CC.CC.CC(C)(C)C.CNC(C)=O.COC.C[N+](=O)[O-].Cc1ccc(C)s1.Cc1ccc2ccccc2c1.Cc1ccccc1.Cc1ccccc1.Cc1ccccc1.Cc1ccccc1.Cc1ccccc1.Cc1ccccc1.Cc1cccs1. The summed E-state index contributed by atoms with van der Waals surface area (Å²) in [6, 6.07) is 84.9. The zero-order valence-corrected chi connectivity index (χ0v) is 63.3. The summed E-state index contributed by atoms with van der Waals surface area (Å²) in [5.74, 6) is 0.00463. The van der Waals surface area contributed by atoms with Gasteiger partial charge >= 0.3 is 0 Å². The number of nitrogens with one attached hydrogen (secondary N) is 1. The van der Waals surface area contributed by atoms with E-state index in [1.54, 1.807) is 32.6 Å². The van der Waals surface area contributed by atoms with E-state index in [9.17, 15) is 4.79 Å². The lowest BCUT2D eigenvalue weighted by atomic mass is 10.0. The minimum Gasteiger partial charge on any atom is -0.388 e. The maximum absolute atomic E-state index is 9.70. The third-order valence-electron chi connectivity index (χ3n) is 9.44. The summed E-state index contributed by atoms with van der Waals surface area (Å²) in [5.41, 5.74) is 9.75. The Kier molecular flexibility index (Phi) is 82.6. The van der Waals surface area contributed by atoms with Gasteiger partial charge in [-0.2, -0.15) is 0 Å². The molecule has 10 aromatic rings. The van der Waals surface area contributed by atoms with Crippen LogP contribution in [0.3, 0.4) is 0 Å². The second-order valence-corrected chi connectivity index (χ2v) is 23.0. The molecule has 0 bridgehead atoms. The second-order valence-electron chi connectivity index (χ2n) is 20.3. The summed E-state index contributed by atoms with van der Waals surface area (Å²) >= 11 is 3.62. The van der Waals surface area contributed by atoms with Crippen LogP contribution < -0.4 is 5.32 Å². The highest BCUT2D eigenvalue weighted by Crippen LogP contribution is 2.15. The topological polar surface area (TPSA) is 81.5 Å². The van der Waals surface area contributed by atoms with Crippen LogP contribution >= 0.6 is 22.7 Å². The van der Waals surface area contributed by atoms with Crippen molar-refractivity contribution < 1.29 is 14.5 Å². The van der Waals surface area contributed by atoms with Crippen molar-refractivity contribution in [1.82, 2.24) is 5.32 Å². The fourth-order valence-electron chi connectivity index (χ4n) is 5.43. The Morgan fingerprint density at radius 1 is 0.391 bits per heavy atom. The van der Waals surface area contributed by atoms with Crippen molar-refractivity contribution >= 4 is 39.4 Å². The number of fused-ring (bicyclic) bond motifs is 1. The molecule has 0 fully saturated rings. The number of benzene rings is 8. The van der Waals surface area contributed by atoms with E-state index >= 15 is 0 Å². The Morgan fingerprint density at radius 2 is 0.609 bits per heavy atom. The van der Waals surface area contributed by atoms with Gasteiger partial charge in [-0.15, -0.1) is 22.7 Å². The predicted octanol–water partition coefficient (Wildman–Crippen LogP) is 26.2. The van der Waals surface area contributed by atoms with Gasteiger partial charge in [0.15, 0.2) is 7.05 Å². The molecule has 0 saturated heterocycles. The predicted molar refractivity (Wildman–Crippen MR) is 421 cm³/mol. The molecule has 92 heavy (non-hydrogen) atoms. The standard InChI is InChI=1S/C11H10.6C7H8.C6H8S.C5H6S.C5H12.C3H7NO.C2H6O.4C2H6.CH3NO2.CH4/c1-9-6-7-10-4-2-3-5-11(10)8-9;6*1-7-5-3-2-4-6-7;1-5-3-4-6(2)7-5;1-5-3-2-4-6-5;1-5(2,3)4;1-3(5)4-2;1-3-2;4*1-2;1-2(3)4;/h2-8H,1H3;6*2-6H,1H3;3-4H,1-2H3;2-4H,1H3;1-4H3;1-2H3,(H,4,5);1-2H3;4*1-2H3;1H3;1H4. The molecule has 0 aliphatic rings. The number of ether oxygens (including phenoxy) is 1. The maximum Gasteiger partial charge on any atom is 0.216 e. The quantitative estimate of drug-likeness (QED) is 0.121. The summed E-state index contributed by atoms with van der Waals surface area (Å²) in [6.07, 6.45) is 0. The maximum atomic E-state index is 9.70. The summed E-state index contributed by atoms with van der Waals surface area (Å²) in [4.78, 5) is 22.2. The van der Waals surface area contributed by atoms with E-state index in [1.807, 2.05) is 176 Å². The first-order valence-corrected chi connectivity index (χ1v) is 33.3. The first-order chi connectivity index (χ1) is 43.3. The number of methoxy groups -OCH3 is 1. The summed E-state index contributed by atoms with van der Waals surface area (Å²) in [7, 11) is 5.74. The number of hydrogen-bond donors (Lipinski definition) is 1. The number of aryl methyl sites for hydroxylation is 10. The zero-order valence-electron chi connectivity index (χ0n) is 61.6. The molecule has 0 spiro atoms. The van der Waals surface area contributed by atoms with Gasteiger partial charge in [0.25, 0.3) is 0 Å². The van der Waals surface area contributed by atoms with Gasteiger partial charge in [0.1, 0.15) is 0 Å². The minimum absolute atomic E-state index is 0. The van der Waals surface area contributed by atoms with Crippen molar-refractivity contribution in [2.24, 2.45) is 5.41 Å². The average Bonchev–Trinajstić information content (AvgIpc) is 2.03. The Hall–Kier alpha value is -7.75. The smallest absolute Gasteiger partial charge is 0.216 e. The van der Waals surface area contributed by atoms with Crippen LogP contribution in [0.5, 0.6) is 0 Å². The average molecular weight is 1290 g/mol. The van der Waals surface area contributed by atoms with Crippen LogP contribution in [0.1, 0.15) is 151 Å². The molecular formula is C84H128N2O4S2. The van der Waals surface area contributed by atoms with Crippen LogP contribution in [0, 0.1) is 84.8 Å². The second kappa shape index (κ2) is 75.7. The van der Waals surface area contributed by atoms with Crippen LogP contribution in [0.2, 0.25) is 0 Å². The van der Waals surface area contributed by atoms with Crippen molar-refractivity contribution in [2.45, 2.75) is 167 Å². The molecule has 8 aromatic carbocycles. The van der Waals surface area contributed by atoms with Crippen LogP contribution in [-0.4, -0.2) is 39.1 Å². The molecule has 1 amide bonds. The fourth-order valence-corrected chi connectivity index (χ4v) is 6.74. The monoisotopic (exact) mass is 1290 g/mol. The number of nitrogens with zero attached hydrogens (tertiary/aromatic N) is 1. The Labute approximate surface area is 573 Å². The largest absolute Gasteiger partial charge is 0.388 e. The van der Waals surface area contributed by atoms with Crippen molar-refractivity contribution in [3.8, 4) is 0 Å². The third-order valence-corrected chi connectivity index (χ3v) is 11.2. The van der Waals surface area contributed by atoms with Crippen LogP contribution in [0.25, 0.3) is 10.8 Å². The van der Waals surface area contributed by atoms with E-state index in [4.69, 9.17) is 10.1 Å². The van der Waals surface area contributed by atoms with E-state index in [-0.39, 0.29) is 13.3 Å². The highest BCUT2D eigenvalue weighted by atomic mass is 32.1. The number of nitro groups is 1. The zero-order chi connectivity index (χ0) is 71.1. The van der Waals surface area contributed by atoms with E-state index in [1.165, 1.54) is 71.3 Å². The molecule has 10 rings (SSSR count). The molecule has 2 heterocycles. The number of carbonyl (C=O) groups excluding carboxylic acids is 1. The summed E-state index contributed by atoms with van der Waals surface area (Å²) in [5, 5.41) is 15.9. The molecule has 2 aromatic heterocycles. The van der Waals surface area contributed by atoms with E-state index in [0.29, 0.717) is 5.41 Å². The normalized spacial score (nSPS) is 8.25. The van der Waals surface area contributed by atoms with Crippen LogP contribution in [-0.2, 0) is 9.53 Å². The number of amides is 1. The number of carbonyl (C=O) groups is 1. The molecule has 0 aliphatic heterocycles. The molecule has 0 unspecified atom stereocenters. The molecule has 8 heteroatoms. The van der Waals surface area contributed by atoms with Crippen molar-refractivity contribution in [2.75, 3.05) is 28.3 Å². The molecule has 0 radical (unpaired) electrons. The van der Waals surface area contributed by atoms with Gasteiger partial charge in [-0.1, -0.05) is 360 Å². The van der Waals surface area contributed by atoms with Gasteiger partial charge in [-0.05, 0) is 109 Å². The summed E-state index contributed by atoms with van der Waals surface area (Å²) in [6.45, 7) is 47.2. The van der Waals surface area contributed by atoms with E-state index in [2.05, 4.69) is 252 Å². The fraction of sp³-hybridized carbons (Fsp3) is 0.345. The lowest BCUT2D eigenvalue weighted by Gasteiger charge is -2.05. The van der Waals surface area contributed by atoms with Gasteiger partial charge in [0.05, 0.1) is 0 Å². The molecular weight excluding hydrogens is 1170 g/mol. The Bertz CT molecular complexity index is 2650. The van der Waals surface area contributed by atoms with Crippen molar-refractivity contribution in [3.63, 3.8) is 0 Å². The van der Waals surface area contributed by atoms with Gasteiger partial charge < -0.3 is 10.1 Å². The number of thiophene rings is 2. The summed E-state index contributed by atoms with van der Waals surface area (Å²) < 4.78 is 4.25. The molecule has 6 nitrogen and oxygen atoms in total. The van der Waals surface area contributed by atoms with Crippen molar-refractivity contribution in [3.05, 3.63) is 318 Å². The van der Waals surface area contributed by atoms with Gasteiger partial charge in [0, 0.05) is 47.7 Å². The first-order valence-electron chi connectivity index (χ1n) is 31.6. The minimum atomic E-state index is -0.500. The van der Waals surface area contributed by atoms with Gasteiger partial charge in [-0.3, -0.25) is 14.9 Å². The van der Waals surface area contributed by atoms with Crippen molar-refractivity contribution in [1.29, 1.82) is 0 Å². The molecule has 0 aliphatic carbocycles. The van der Waals surface area contributed by atoms with E-state index in [0.717, 1.165) is 7.05 Å². The molecule has 510 valence electrons. The highest BCUT2D eigenvalue weighted by Gasteiger charge is 1.95. The molecule has 0 saturated carbocycles. The van der Waals surface area contributed by atoms with Gasteiger partial charge in [-0.25, -0.2) is 0 Å². The lowest BCUT2D eigenvalue weighted by Crippen LogP contribution is -2.11. The highest BCUT2D eigenvalue weighted by molar-refractivity contribution is 7.11. The number of rotatable bonds is 0. The van der Waals surface area contributed by atoms with E-state index < -0.39 is 4.92 Å². The Balaban J connectivity index is -0.000000138. The first kappa shape index (κ1) is 100. The Morgan fingerprint density at radius 3 is 0.750 bits per heavy atom. The molecule has 1 N–H and O–H groups in total. The van der Waals surface area contributed by atoms with Gasteiger partial charge in [0.2, 0.25) is 5.91 Å². The number of hydrogen-bond acceptors (Lipinski definition) is 6. The van der Waals surface area contributed by atoms with Crippen LogP contribution in [0.15, 0.2) is 254 Å².